The zero-order valence-corrected chi connectivity index (χ0v) is 14.5. The Kier molecular flexibility index (Phi) is 5.82. The average Bonchev–Trinajstić information content (AvgIpc) is 2.67. The normalized spacial score (nSPS) is 17.2. The Hall–Kier alpha value is -2.63. The van der Waals surface area contributed by atoms with Gasteiger partial charge >= 0.3 is 6.09 Å². The third-order valence-electron chi connectivity index (χ3n) is 4.31. The van der Waals surface area contributed by atoms with Crippen molar-refractivity contribution in [1.29, 1.82) is 0 Å². The van der Waals surface area contributed by atoms with Crippen LogP contribution in [-0.2, 0) is 11.3 Å². The fourth-order valence-corrected chi connectivity index (χ4v) is 2.93. The Bertz CT molecular complexity index is 676. The van der Waals surface area contributed by atoms with Crippen LogP contribution in [0.15, 0.2) is 42.7 Å². The van der Waals surface area contributed by atoms with Crippen molar-refractivity contribution in [3.63, 3.8) is 0 Å². The molecule has 1 aromatic carbocycles. The summed E-state index contributed by atoms with van der Waals surface area (Å²) in [6.45, 7) is 4.49. The van der Waals surface area contributed by atoms with Gasteiger partial charge < -0.3 is 15.0 Å². The van der Waals surface area contributed by atoms with Crippen LogP contribution in [0.5, 0.6) is 0 Å². The van der Waals surface area contributed by atoms with Gasteiger partial charge in [0.15, 0.2) is 0 Å². The van der Waals surface area contributed by atoms with E-state index in [2.05, 4.69) is 15.3 Å². The number of carbonyl (C=O) groups excluding carboxylic acids is 1. The predicted octanol–water partition coefficient (Wildman–Crippen LogP) is 3.25. The van der Waals surface area contributed by atoms with Gasteiger partial charge in [-0.05, 0) is 36.8 Å². The number of aromatic nitrogens is 2. The summed E-state index contributed by atoms with van der Waals surface area (Å²) in [6, 6.07) is 9.75. The van der Waals surface area contributed by atoms with Crippen LogP contribution in [0.4, 0.5) is 10.7 Å². The zero-order valence-electron chi connectivity index (χ0n) is 14.5. The third-order valence-corrected chi connectivity index (χ3v) is 4.31. The Morgan fingerprint density at radius 1 is 1.28 bits per heavy atom. The molecule has 2 aromatic rings. The molecule has 0 unspecified atom stereocenters. The monoisotopic (exact) mass is 340 g/mol. The Labute approximate surface area is 148 Å². The fourth-order valence-electron chi connectivity index (χ4n) is 2.93. The van der Waals surface area contributed by atoms with E-state index in [4.69, 9.17) is 4.74 Å². The topological polar surface area (TPSA) is 67.4 Å². The van der Waals surface area contributed by atoms with Crippen LogP contribution < -0.4 is 5.32 Å². The van der Waals surface area contributed by atoms with Gasteiger partial charge in [-0.1, -0.05) is 30.3 Å². The molecule has 0 bridgehead atoms. The van der Waals surface area contributed by atoms with Crippen molar-refractivity contribution < 1.29 is 9.53 Å². The lowest BCUT2D eigenvalue weighted by atomic mass is 9.98. The highest BCUT2D eigenvalue weighted by atomic mass is 16.6. The van der Waals surface area contributed by atoms with Gasteiger partial charge in [-0.25, -0.2) is 14.8 Å². The van der Waals surface area contributed by atoms with Gasteiger partial charge in [0.1, 0.15) is 6.61 Å². The van der Waals surface area contributed by atoms with E-state index in [9.17, 15) is 4.79 Å². The average molecular weight is 340 g/mol. The van der Waals surface area contributed by atoms with Gasteiger partial charge in [-0.2, -0.15) is 0 Å². The fraction of sp³-hybridized carbons (Fsp3) is 0.421. The first-order valence-corrected chi connectivity index (χ1v) is 8.69. The van der Waals surface area contributed by atoms with Gasteiger partial charge in [0.25, 0.3) is 0 Å². The molecule has 6 nitrogen and oxygen atoms in total. The van der Waals surface area contributed by atoms with Crippen molar-refractivity contribution in [1.82, 2.24) is 14.9 Å². The highest BCUT2D eigenvalue weighted by Crippen LogP contribution is 2.18. The predicted molar refractivity (Wildman–Crippen MR) is 96.2 cm³/mol. The van der Waals surface area contributed by atoms with Crippen molar-refractivity contribution in [3.8, 4) is 0 Å². The maximum atomic E-state index is 12.3. The van der Waals surface area contributed by atoms with Crippen molar-refractivity contribution in [2.45, 2.75) is 26.4 Å². The number of carbonyl (C=O) groups is 1. The highest BCUT2D eigenvalue weighted by Gasteiger charge is 2.24. The third kappa shape index (κ3) is 5.17. The van der Waals surface area contributed by atoms with Crippen molar-refractivity contribution in [3.05, 3.63) is 53.9 Å². The maximum Gasteiger partial charge on any atom is 0.410 e. The summed E-state index contributed by atoms with van der Waals surface area (Å²) in [6.07, 6.45) is 5.43. The number of rotatable bonds is 5. The number of aryl methyl sites for hydroxylation is 1. The zero-order chi connectivity index (χ0) is 17.5. The smallest absolute Gasteiger partial charge is 0.410 e. The van der Waals surface area contributed by atoms with Gasteiger partial charge in [0.2, 0.25) is 5.95 Å². The number of benzene rings is 1. The molecule has 1 atom stereocenters. The van der Waals surface area contributed by atoms with E-state index < -0.39 is 0 Å². The molecule has 1 N–H and O–H groups in total. The molecule has 132 valence electrons. The SMILES string of the molecule is Cc1cnc(NC[C@H]2CCCN(C(=O)OCc3ccccc3)C2)nc1. The van der Waals surface area contributed by atoms with Gasteiger partial charge in [0, 0.05) is 32.0 Å². The number of anilines is 1. The summed E-state index contributed by atoms with van der Waals surface area (Å²) in [4.78, 5) is 22.6. The Morgan fingerprint density at radius 2 is 2.04 bits per heavy atom. The standard InChI is InChI=1S/C19H24N4O2/c1-15-10-20-18(21-11-15)22-12-17-8-5-9-23(13-17)19(24)25-14-16-6-3-2-4-7-16/h2-4,6-7,10-11,17H,5,8-9,12-14H2,1H3,(H,20,21,22)/t17-/m1/s1. The molecule has 25 heavy (non-hydrogen) atoms. The number of hydrogen-bond donors (Lipinski definition) is 1. The number of likely N-dealkylation sites (tertiary alicyclic amines) is 1. The number of nitrogens with one attached hydrogen (secondary N) is 1. The molecule has 0 saturated carbocycles. The van der Waals surface area contributed by atoms with E-state index in [1.807, 2.05) is 37.3 Å². The second kappa shape index (κ2) is 8.46. The number of ether oxygens (including phenoxy) is 1. The molecular weight excluding hydrogens is 316 g/mol. The molecule has 1 amide bonds. The van der Waals surface area contributed by atoms with Crippen molar-refractivity contribution >= 4 is 12.0 Å². The molecule has 6 heteroatoms. The van der Waals surface area contributed by atoms with E-state index in [-0.39, 0.29) is 6.09 Å². The minimum Gasteiger partial charge on any atom is -0.445 e. The summed E-state index contributed by atoms with van der Waals surface area (Å²) in [5, 5.41) is 3.26. The van der Waals surface area contributed by atoms with Crippen molar-refractivity contribution in [2.75, 3.05) is 25.0 Å². The molecule has 0 aliphatic carbocycles. The molecule has 1 saturated heterocycles. The molecule has 2 heterocycles. The summed E-state index contributed by atoms with van der Waals surface area (Å²) in [5.74, 6) is 1.01. The van der Waals surface area contributed by atoms with Gasteiger partial charge in [0.05, 0.1) is 0 Å². The van der Waals surface area contributed by atoms with E-state index in [1.54, 1.807) is 17.3 Å². The number of amides is 1. The second-order valence-electron chi connectivity index (χ2n) is 6.46. The molecule has 1 aromatic heterocycles. The van der Waals surface area contributed by atoms with Crippen LogP contribution in [0, 0.1) is 12.8 Å². The van der Waals surface area contributed by atoms with Crippen LogP contribution >= 0.6 is 0 Å². The number of hydrogen-bond acceptors (Lipinski definition) is 5. The van der Waals surface area contributed by atoms with Crippen LogP contribution in [0.25, 0.3) is 0 Å². The summed E-state index contributed by atoms with van der Waals surface area (Å²) < 4.78 is 5.43. The lowest BCUT2D eigenvalue weighted by molar-refractivity contribution is 0.0804. The van der Waals surface area contributed by atoms with E-state index in [0.29, 0.717) is 25.0 Å². The first-order valence-electron chi connectivity index (χ1n) is 8.69. The van der Waals surface area contributed by atoms with E-state index in [1.165, 1.54) is 0 Å². The van der Waals surface area contributed by atoms with Crippen LogP contribution in [0.1, 0.15) is 24.0 Å². The molecule has 0 radical (unpaired) electrons. The minimum atomic E-state index is -0.236. The molecule has 1 fully saturated rings. The van der Waals surface area contributed by atoms with Crippen LogP contribution in [0.2, 0.25) is 0 Å². The Morgan fingerprint density at radius 3 is 2.80 bits per heavy atom. The largest absolute Gasteiger partial charge is 0.445 e. The first kappa shape index (κ1) is 17.2. The lowest BCUT2D eigenvalue weighted by Crippen LogP contribution is -2.42. The summed E-state index contributed by atoms with van der Waals surface area (Å²) in [7, 11) is 0. The minimum absolute atomic E-state index is 0.236. The second-order valence-corrected chi connectivity index (χ2v) is 6.46. The van der Waals surface area contributed by atoms with Crippen LogP contribution in [-0.4, -0.2) is 40.6 Å². The number of piperidine rings is 1. The molecule has 1 aliphatic heterocycles. The van der Waals surface area contributed by atoms with Crippen LogP contribution in [0.3, 0.4) is 0 Å². The highest BCUT2D eigenvalue weighted by molar-refractivity contribution is 5.67. The Balaban J connectivity index is 1.45. The summed E-state index contributed by atoms with van der Waals surface area (Å²) in [5.41, 5.74) is 2.04. The molecule has 3 rings (SSSR count). The summed E-state index contributed by atoms with van der Waals surface area (Å²) >= 11 is 0. The van der Waals surface area contributed by atoms with Crippen molar-refractivity contribution in [2.24, 2.45) is 5.92 Å². The first-order chi connectivity index (χ1) is 12.2. The molecule has 1 aliphatic rings. The van der Waals surface area contributed by atoms with Gasteiger partial charge in [-0.15, -0.1) is 0 Å². The molecular formula is C19H24N4O2. The van der Waals surface area contributed by atoms with Gasteiger partial charge in [-0.3, -0.25) is 0 Å². The van der Waals surface area contributed by atoms with E-state index >= 15 is 0 Å². The quantitative estimate of drug-likeness (QED) is 0.905. The lowest BCUT2D eigenvalue weighted by Gasteiger charge is -2.32. The molecule has 0 spiro atoms. The maximum absolute atomic E-state index is 12.3. The number of nitrogens with zero attached hydrogens (tertiary/aromatic N) is 3. The van der Waals surface area contributed by atoms with E-state index in [0.717, 1.165) is 37.1 Å².